The van der Waals surface area contributed by atoms with E-state index in [0.29, 0.717) is 29.7 Å². The molecule has 4 rings (SSSR count). The minimum Gasteiger partial charge on any atom is -0.432 e. The molecule has 0 aromatic carbocycles. The molecule has 3 heterocycles. The van der Waals surface area contributed by atoms with Crippen molar-refractivity contribution in [1.82, 2.24) is 19.6 Å². The Hall–Kier alpha value is -3.68. The lowest BCUT2D eigenvalue weighted by atomic mass is 10.0. The van der Waals surface area contributed by atoms with Crippen LogP contribution in [0.4, 0.5) is 19.0 Å². The summed E-state index contributed by atoms with van der Waals surface area (Å²) in [6.07, 6.45) is 3.42. The molecule has 3 aromatic heterocycles. The molecule has 0 radical (unpaired) electrons. The Labute approximate surface area is 155 Å². The average Bonchev–Trinajstić information content (AvgIpc) is 3.24. The van der Waals surface area contributed by atoms with E-state index < -0.39 is 24.4 Å². The number of amides is 1. The van der Waals surface area contributed by atoms with Gasteiger partial charge in [0.1, 0.15) is 11.9 Å². The molecule has 28 heavy (non-hydrogen) atoms. The van der Waals surface area contributed by atoms with Crippen LogP contribution in [-0.2, 0) is 11.2 Å². The summed E-state index contributed by atoms with van der Waals surface area (Å²) in [4.78, 5) is 20.6. The van der Waals surface area contributed by atoms with Crippen LogP contribution in [0.5, 0.6) is 5.75 Å². The molecule has 0 spiro atoms. The van der Waals surface area contributed by atoms with Gasteiger partial charge in [0.05, 0.1) is 23.4 Å². The van der Waals surface area contributed by atoms with Gasteiger partial charge in [0.25, 0.3) is 0 Å². The number of hydrogen-bond donors (Lipinski definition) is 1. The van der Waals surface area contributed by atoms with Crippen molar-refractivity contribution in [3.05, 3.63) is 47.3 Å². The molecule has 8 nitrogen and oxygen atoms in total. The second-order valence-electron chi connectivity index (χ2n) is 6.03. The fraction of sp³-hybridized carbons (Fsp3) is 0.235. The van der Waals surface area contributed by atoms with Gasteiger partial charge in [-0.2, -0.15) is 18.4 Å². The molecule has 0 fully saturated rings. The van der Waals surface area contributed by atoms with E-state index in [1.807, 2.05) is 0 Å². The highest BCUT2D eigenvalue weighted by Gasteiger charge is 2.32. The van der Waals surface area contributed by atoms with E-state index in [4.69, 9.17) is 5.26 Å². The number of fused-ring (bicyclic) bond motifs is 3. The Morgan fingerprint density at radius 1 is 1.36 bits per heavy atom. The van der Waals surface area contributed by atoms with Crippen LogP contribution in [0.25, 0.3) is 5.65 Å². The number of aromatic nitrogens is 4. The van der Waals surface area contributed by atoms with Gasteiger partial charge >= 0.3 is 6.61 Å². The molecule has 0 bridgehead atoms. The minimum atomic E-state index is -3.10. The number of rotatable bonds is 4. The maximum atomic E-state index is 13.4. The summed E-state index contributed by atoms with van der Waals surface area (Å²) in [5.74, 6) is -1.99. The summed E-state index contributed by atoms with van der Waals surface area (Å²) in [6, 6.07) is 4.06. The van der Waals surface area contributed by atoms with Gasteiger partial charge < -0.3 is 10.1 Å². The molecular weight excluding hydrogens is 377 g/mol. The number of nitrogens with zero attached hydrogens (tertiary/aromatic N) is 5. The predicted molar refractivity (Wildman–Crippen MR) is 88.2 cm³/mol. The van der Waals surface area contributed by atoms with Gasteiger partial charge in [-0.15, -0.1) is 5.10 Å². The molecule has 142 valence electrons. The minimum absolute atomic E-state index is 0.0239. The lowest BCUT2D eigenvalue weighted by molar-refractivity contribution is -0.117. The molecule has 1 unspecified atom stereocenters. The van der Waals surface area contributed by atoms with Crippen molar-refractivity contribution in [2.45, 2.75) is 25.4 Å². The molecule has 3 aromatic rings. The lowest BCUT2D eigenvalue weighted by Crippen LogP contribution is -2.20. The smallest absolute Gasteiger partial charge is 0.387 e. The van der Waals surface area contributed by atoms with Crippen LogP contribution in [0.15, 0.2) is 24.5 Å². The Balaban J connectivity index is 1.57. The highest BCUT2D eigenvalue weighted by Crippen LogP contribution is 2.34. The topological polar surface area (TPSA) is 105 Å². The first-order valence-corrected chi connectivity index (χ1v) is 8.15. The number of aryl methyl sites for hydroxylation is 1. The zero-order valence-corrected chi connectivity index (χ0v) is 14.1. The monoisotopic (exact) mass is 388 g/mol. The van der Waals surface area contributed by atoms with Crippen molar-refractivity contribution in [3.8, 4) is 11.8 Å². The van der Waals surface area contributed by atoms with Crippen LogP contribution >= 0.6 is 0 Å². The van der Waals surface area contributed by atoms with Gasteiger partial charge in [0.2, 0.25) is 11.9 Å². The van der Waals surface area contributed by atoms with E-state index in [1.165, 1.54) is 16.8 Å². The molecular formula is C17H11F3N6O2. The third kappa shape index (κ3) is 3.09. The number of nitrogens with one attached hydrogen (secondary N) is 1. The zero-order chi connectivity index (χ0) is 19.8. The number of pyridine rings is 1. The standard InChI is InChI=1S/C17H11F3N6O2/c18-13-4-15-23-6-10-9(1-2-11(10)26(15)25-13)16(27)24-14-3-8(5-21)12(7-22-14)28-17(19)20/h3-4,6-7,9,17H,1-2H2,(H,22,24,27). The molecule has 1 amide bonds. The Morgan fingerprint density at radius 2 is 2.18 bits per heavy atom. The number of carbonyl (C=O) groups excluding carboxylic acids is 1. The van der Waals surface area contributed by atoms with Crippen molar-refractivity contribution in [2.75, 3.05) is 5.32 Å². The summed E-state index contributed by atoms with van der Waals surface area (Å²) < 4.78 is 43.6. The average molecular weight is 388 g/mol. The number of alkyl halides is 2. The van der Waals surface area contributed by atoms with E-state index in [1.54, 1.807) is 6.07 Å². The van der Waals surface area contributed by atoms with Gasteiger partial charge in [0.15, 0.2) is 11.4 Å². The normalized spacial score (nSPS) is 15.5. The van der Waals surface area contributed by atoms with Crippen molar-refractivity contribution < 1.29 is 22.7 Å². The van der Waals surface area contributed by atoms with Crippen molar-refractivity contribution >= 4 is 17.4 Å². The third-order valence-electron chi connectivity index (χ3n) is 4.40. The summed E-state index contributed by atoms with van der Waals surface area (Å²) in [7, 11) is 0. The second-order valence-corrected chi connectivity index (χ2v) is 6.03. The van der Waals surface area contributed by atoms with Gasteiger partial charge in [-0.3, -0.25) is 4.79 Å². The SMILES string of the molecule is N#Cc1cc(NC(=O)C2CCc3c2cnc2cc(F)nn32)ncc1OC(F)F. The molecule has 1 N–H and O–H groups in total. The van der Waals surface area contributed by atoms with E-state index in [2.05, 4.69) is 25.1 Å². The van der Waals surface area contributed by atoms with E-state index in [9.17, 15) is 18.0 Å². The van der Waals surface area contributed by atoms with Crippen LogP contribution in [-0.4, -0.2) is 32.1 Å². The van der Waals surface area contributed by atoms with Crippen molar-refractivity contribution in [1.29, 1.82) is 5.26 Å². The molecule has 0 aliphatic heterocycles. The van der Waals surface area contributed by atoms with E-state index in [-0.39, 0.29) is 17.1 Å². The van der Waals surface area contributed by atoms with E-state index in [0.717, 1.165) is 12.3 Å². The summed E-state index contributed by atoms with van der Waals surface area (Å²) in [6.45, 7) is -3.10. The molecule has 1 aliphatic rings. The molecule has 1 aliphatic carbocycles. The number of anilines is 1. The highest BCUT2D eigenvalue weighted by molar-refractivity contribution is 5.96. The summed E-state index contributed by atoms with van der Waals surface area (Å²) >= 11 is 0. The quantitative estimate of drug-likeness (QED) is 0.736. The van der Waals surface area contributed by atoms with Gasteiger partial charge in [-0.05, 0) is 12.8 Å². The summed E-state index contributed by atoms with van der Waals surface area (Å²) in [5.41, 5.74) is 1.48. The first-order chi connectivity index (χ1) is 13.5. The van der Waals surface area contributed by atoms with Crippen LogP contribution in [0.1, 0.15) is 29.2 Å². The maximum absolute atomic E-state index is 13.4. The van der Waals surface area contributed by atoms with Crippen LogP contribution < -0.4 is 10.1 Å². The Morgan fingerprint density at radius 3 is 2.93 bits per heavy atom. The molecule has 1 atom stereocenters. The van der Waals surface area contributed by atoms with E-state index >= 15 is 0 Å². The summed E-state index contributed by atoms with van der Waals surface area (Å²) in [5, 5.41) is 15.4. The van der Waals surface area contributed by atoms with Crippen LogP contribution in [0.2, 0.25) is 0 Å². The van der Waals surface area contributed by atoms with Crippen molar-refractivity contribution in [3.63, 3.8) is 0 Å². The number of hydrogen-bond acceptors (Lipinski definition) is 6. The van der Waals surface area contributed by atoms with Crippen LogP contribution in [0.3, 0.4) is 0 Å². The third-order valence-corrected chi connectivity index (χ3v) is 4.40. The van der Waals surface area contributed by atoms with Gasteiger partial charge in [0, 0.05) is 23.9 Å². The molecule has 0 saturated heterocycles. The highest BCUT2D eigenvalue weighted by atomic mass is 19.3. The predicted octanol–water partition coefficient (Wildman–Crippen LogP) is 2.40. The largest absolute Gasteiger partial charge is 0.432 e. The maximum Gasteiger partial charge on any atom is 0.387 e. The van der Waals surface area contributed by atoms with Gasteiger partial charge in [-0.1, -0.05) is 0 Å². The second kappa shape index (κ2) is 6.80. The Kier molecular flexibility index (Phi) is 4.31. The first kappa shape index (κ1) is 17.7. The zero-order valence-electron chi connectivity index (χ0n) is 14.1. The number of ether oxygens (including phenoxy) is 1. The number of carbonyl (C=O) groups is 1. The van der Waals surface area contributed by atoms with Gasteiger partial charge in [-0.25, -0.2) is 14.5 Å². The number of nitriles is 1. The fourth-order valence-electron chi connectivity index (χ4n) is 3.22. The fourth-order valence-corrected chi connectivity index (χ4v) is 3.22. The van der Waals surface area contributed by atoms with Crippen molar-refractivity contribution in [2.24, 2.45) is 0 Å². The Bertz CT molecular complexity index is 1120. The first-order valence-electron chi connectivity index (χ1n) is 8.15. The van der Waals surface area contributed by atoms with Crippen LogP contribution in [0, 0.1) is 17.3 Å². The number of halogens is 3. The lowest BCUT2D eigenvalue weighted by Gasteiger charge is -2.12. The molecule has 0 saturated carbocycles. The molecule has 11 heteroatoms.